The lowest BCUT2D eigenvalue weighted by Gasteiger charge is -2.13. The number of hydrogen-bond donors (Lipinski definition) is 3. The molecule has 0 radical (unpaired) electrons. The summed E-state index contributed by atoms with van der Waals surface area (Å²) in [7, 11) is -3.69. The van der Waals surface area contributed by atoms with Crippen LogP contribution in [0.4, 0.5) is 15.8 Å². The molecule has 154 valence electrons. The van der Waals surface area contributed by atoms with E-state index in [0.29, 0.717) is 21.3 Å². The summed E-state index contributed by atoms with van der Waals surface area (Å²) in [5.41, 5.74) is 0.420. The molecule has 29 heavy (non-hydrogen) atoms. The van der Waals surface area contributed by atoms with Gasteiger partial charge in [-0.25, -0.2) is 17.8 Å². The SMILES string of the molecule is CCCS(=O)(=O)Nc1ccc(I)c(C(=O)Nc2cnc3[nH]nc(SC)c3c2)c1F. The average molecular weight is 549 g/mol. The number of aromatic amines is 1. The molecule has 1 amide bonds. The van der Waals surface area contributed by atoms with E-state index in [9.17, 15) is 17.6 Å². The van der Waals surface area contributed by atoms with Gasteiger partial charge in [-0.3, -0.25) is 14.6 Å². The number of pyridine rings is 1. The molecule has 8 nitrogen and oxygen atoms in total. The van der Waals surface area contributed by atoms with E-state index in [1.807, 2.05) is 28.8 Å². The second-order valence-corrected chi connectivity index (χ2v) is 9.81. The molecule has 3 rings (SSSR count). The highest BCUT2D eigenvalue weighted by Crippen LogP contribution is 2.27. The Morgan fingerprint density at radius 3 is 2.83 bits per heavy atom. The van der Waals surface area contributed by atoms with E-state index in [2.05, 4.69) is 25.2 Å². The molecule has 0 saturated heterocycles. The summed E-state index contributed by atoms with van der Waals surface area (Å²) in [6, 6.07) is 4.46. The van der Waals surface area contributed by atoms with Gasteiger partial charge in [-0.05, 0) is 53.5 Å². The molecule has 0 fully saturated rings. The Kier molecular flexibility index (Phi) is 6.63. The number of amides is 1. The van der Waals surface area contributed by atoms with Gasteiger partial charge in [0.05, 0.1) is 34.3 Å². The van der Waals surface area contributed by atoms with Gasteiger partial charge in [0.1, 0.15) is 5.03 Å². The monoisotopic (exact) mass is 549 g/mol. The topological polar surface area (TPSA) is 117 Å². The van der Waals surface area contributed by atoms with Crippen molar-refractivity contribution < 1.29 is 17.6 Å². The summed E-state index contributed by atoms with van der Waals surface area (Å²) in [4.78, 5) is 16.9. The van der Waals surface area contributed by atoms with Crippen molar-refractivity contribution in [1.29, 1.82) is 0 Å². The Balaban J connectivity index is 1.92. The van der Waals surface area contributed by atoms with Crippen LogP contribution in [0, 0.1) is 9.39 Å². The number of nitrogens with zero attached hydrogens (tertiary/aromatic N) is 2. The van der Waals surface area contributed by atoms with Gasteiger partial charge in [0.2, 0.25) is 10.0 Å². The first kappa shape index (κ1) is 21.8. The molecule has 1 aromatic carbocycles. The van der Waals surface area contributed by atoms with Gasteiger partial charge < -0.3 is 5.32 Å². The third-order valence-corrected chi connectivity index (χ3v) is 6.96. The summed E-state index contributed by atoms with van der Waals surface area (Å²) in [5.74, 6) is -1.79. The maximum atomic E-state index is 15.0. The first-order valence-corrected chi connectivity index (χ1v) is 12.4. The van der Waals surface area contributed by atoms with Gasteiger partial charge in [-0.1, -0.05) is 6.92 Å². The van der Waals surface area contributed by atoms with Crippen LogP contribution in [-0.4, -0.2) is 41.5 Å². The fourth-order valence-electron chi connectivity index (χ4n) is 2.63. The summed E-state index contributed by atoms with van der Waals surface area (Å²) >= 11 is 3.25. The van der Waals surface area contributed by atoms with Crippen molar-refractivity contribution in [2.45, 2.75) is 18.4 Å². The molecule has 12 heteroatoms. The van der Waals surface area contributed by atoms with E-state index < -0.39 is 21.7 Å². The molecule has 0 unspecified atom stereocenters. The van der Waals surface area contributed by atoms with Crippen LogP contribution in [-0.2, 0) is 10.0 Å². The Morgan fingerprint density at radius 1 is 1.38 bits per heavy atom. The van der Waals surface area contributed by atoms with Crippen LogP contribution in [0.15, 0.2) is 29.4 Å². The maximum Gasteiger partial charge on any atom is 0.259 e. The minimum atomic E-state index is -3.69. The van der Waals surface area contributed by atoms with Crippen LogP contribution < -0.4 is 10.0 Å². The molecule has 0 aliphatic rings. The number of carbonyl (C=O) groups is 1. The average Bonchev–Trinajstić information content (AvgIpc) is 3.06. The molecule has 0 aliphatic carbocycles. The number of thioether (sulfide) groups is 1. The molecule has 3 N–H and O–H groups in total. The number of halogens is 2. The molecule has 3 aromatic rings. The van der Waals surface area contributed by atoms with Crippen LogP contribution in [0.25, 0.3) is 11.0 Å². The van der Waals surface area contributed by atoms with E-state index >= 15 is 0 Å². The Bertz CT molecular complexity index is 1180. The van der Waals surface area contributed by atoms with Crippen LogP contribution >= 0.6 is 34.4 Å². The Hall–Kier alpha value is -1.93. The van der Waals surface area contributed by atoms with Gasteiger partial charge in [-0.15, -0.1) is 11.8 Å². The number of nitrogens with one attached hydrogen (secondary N) is 3. The molecular formula is C17H17FIN5O3S2. The molecular weight excluding hydrogens is 532 g/mol. The number of sulfonamides is 1. The smallest absolute Gasteiger partial charge is 0.259 e. The quantitative estimate of drug-likeness (QED) is 0.305. The molecule has 0 saturated carbocycles. The molecule has 0 aliphatic heterocycles. The lowest BCUT2D eigenvalue weighted by atomic mass is 10.1. The normalized spacial score (nSPS) is 11.6. The molecule has 2 heterocycles. The van der Waals surface area contributed by atoms with Gasteiger partial charge >= 0.3 is 0 Å². The number of hydrogen-bond acceptors (Lipinski definition) is 6. The van der Waals surface area contributed by atoms with E-state index in [4.69, 9.17) is 0 Å². The highest BCUT2D eigenvalue weighted by atomic mass is 127. The van der Waals surface area contributed by atoms with Crippen molar-refractivity contribution in [3.8, 4) is 0 Å². The van der Waals surface area contributed by atoms with Crippen LogP contribution in [0.3, 0.4) is 0 Å². The zero-order valence-corrected chi connectivity index (χ0v) is 19.2. The lowest BCUT2D eigenvalue weighted by molar-refractivity contribution is 0.102. The number of carbonyl (C=O) groups excluding carboxylic acids is 1. The summed E-state index contributed by atoms with van der Waals surface area (Å²) < 4.78 is 41.4. The third-order valence-electron chi connectivity index (χ3n) is 3.89. The van der Waals surface area contributed by atoms with E-state index in [-0.39, 0.29) is 17.0 Å². The summed E-state index contributed by atoms with van der Waals surface area (Å²) in [6.07, 6.45) is 3.68. The van der Waals surface area contributed by atoms with Crippen molar-refractivity contribution in [2.24, 2.45) is 0 Å². The summed E-state index contributed by atoms with van der Waals surface area (Å²) in [5, 5.41) is 11.0. The summed E-state index contributed by atoms with van der Waals surface area (Å²) in [6.45, 7) is 1.70. The second-order valence-electron chi connectivity index (χ2n) is 6.01. The van der Waals surface area contributed by atoms with Crippen molar-refractivity contribution in [3.05, 3.63) is 39.3 Å². The fraction of sp³-hybridized carbons (Fsp3) is 0.235. The van der Waals surface area contributed by atoms with Gasteiger partial charge in [0.15, 0.2) is 11.5 Å². The maximum absolute atomic E-state index is 15.0. The largest absolute Gasteiger partial charge is 0.320 e. The lowest BCUT2D eigenvalue weighted by Crippen LogP contribution is -2.20. The number of H-pyrrole nitrogens is 1. The number of rotatable bonds is 7. The predicted octanol–water partition coefficient (Wildman–Crippen LogP) is 3.83. The van der Waals surface area contributed by atoms with Gasteiger partial charge in [-0.2, -0.15) is 5.10 Å². The van der Waals surface area contributed by atoms with Crippen LogP contribution in [0.5, 0.6) is 0 Å². The first-order valence-electron chi connectivity index (χ1n) is 8.43. The Labute approximate surface area is 184 Å². The van der Waals surface area contributed by atoms with Gasteiger partial charge in [0.25, 0.3) is 5.91 Å². The van der Waals surface area contributed by atoms with Crippen molar-refractivity contribution >= 4 is 72.7 Å². The molecule has 0 bridgehead atoms. The minimum Gasteiger partial charge on any atom is -0.320 e. The number of aromatic nitrogens is 3. The molecule has 2 aromatic heterocycles. The second kappa shape index (κ2) is 8.83. The Morgan fingerprint density at radius 2 is 2.14 bits per heavy atom. The first-order chi connectivity index (χ1) is 13.8. The van der Waals surface area contributed by atoms with Crippen molar-refractivity contribution in [2.75, 3.05) is 22.0 Å². The molecule has 0 spiro atoms. The van der Waals surface area contributed by atoms with E-state index in [1.165, 1.54) is 30.1 Å². The third kappa shape index (κ3) is 4.80. The highest BCUT2D eigenvalue weighted by molar-refractivity contribution is 14.1. The predicted molar refractivity (Wildman–Crippen MR) is 120 cm³/mol. The number of anilines is 2. The van der Waals surface area contributed by atoms with Crippen LogP contribution in [0.1, 0.15) is 23.7 Å². The zero-order valence-electron chi connectivity index (χ0n) is 15.4. The molecule has 0 atom stereocenters. The van der Waals surface area contributed by atoms with E-state index in [0.717, 1.165) is 10.4 Å². The van der Waals surface area contributed by atoms with E-state index in [1.54, 1.807) is 13.0 Å². The van der Waals surface area contributed by atoms with Gasteiger partial charge in [0, 0.05) is 3.57 Å². The zero-order chi connectivity index (χ0) is 21.2. The van der Waals surface area contributed by atoms with Crippen LogP contribution in [0.2, 0.25) is 0 Å². The minimum absolute atomic E-state index is 0.145. The van der Waals surface area contributed by atoms with Crippen molar-refractivity contribution in [3.63, 3.8) is 0 Å². The fourth-order valence-corrected chi connectivity index (χ4v) is 4.93. The number of fused-ring (bicyclic) bond motifs is 1. The standard InChI is InChI=1S/C17H17FIN5O3S2/c1-3-6-29(26,27)24-12-5-4-11(19)13(14(12)18)16(25)21-9-7-10-15(20-8-9)22-23-17(10)28-2/h4-5,7-8,24H,3,6H2,1-2H3,(H,21,25)(H,20,22,23). The number of benzene rings is 1. The van der Waals surface area contributed by atoms with Crippen molar-refractivity contribution in [1.82, 2.24) is 15.2 Å². The highest BCUT2D eigenvalue weighted by Gasteiger charge is 2.22.